The molecule has 0 radical (unpaired) electrons. The highest BCUT2D eigenvalue weighted by Gasteiger charge is 2.13. The van der Waals surface area contributed by atoms with Crippen molar-refractivity contribution in [1.29, 1.82) is 0 Å². The van der Waals surface area contributed by atoms with Crippen molar-refractivity contribution in [3.8, 4) is 0 Å². The molecule has 1 aromatic heterocycles. The van der Waals surface area contributed by atoms with Gasteiger partial charge < -0.3 is 15.4 Å². The van der Waals surface area contributed by atoms with Crippen LogP contribution in [0.2, 0.25) is 0 Å². The van der Waals surface area contributed by atoms with E-state index >= 15 is 0 Å². The number of nitrogen functional groups attached to an aromatic ring is 1. The lowest BCUT2D eigenvalue weighted by Gasteiger charge is -2.29. The Bertz CT molecular complexity index is 632. The van der Waals surface area contributed by atoms with Crippen molar-refractivity contribution in [2.24, 2.45) is 0 Å². The van der Waals surface area contributed by atoms with Crippen LogP contribution in [0.25, 0.3) is 10.8 Å². The van der Waals surface area contributed by atoms with E-state index in [-0.39, 0.29) is 5.56 Å². The molecule has 6 nitrogen and oxygen atoms in total. The molecular weight excluding hydrogens is 232 g/mol. The van der Waals surface area contributed by atoms with Crippen LogP contribution in [-0.2, 0) is 4.74 Å². The number of hydrogen-bond donors (Lipinski definition) is 2. The molecule has 1 aliphatic heterocycles. The molecule has 0 spiro atoms. The normalized spacial score (nSPS) is 16.1. The van der Waals surface area contributed by atoms with Gasteiger partial charge in [-0.15, -0.1) is 0 Å². The number of nitrogens with zero attached hydrogens (tertiary/aromatic N) is 2. The molecule has 3 N–H and O–H groups in total. The van der Waals surface area contributed by atoms with Crippen LogP contribution in [0, 0.1) is 0 Å². The fraction of sp³-hybridized carbons (Fsp3) is 0.333. The number of hydrogen-bond acceptors (Lipinski definition) is 5. The molecular formula is C12H14N4O2. The average molecular weight is 246 g/mol. The van der Waals surface area contributed by atoms with Crippen LogP contribution in [0.15, 0.2) is 23.0 Å². The first-order chi connectivity index (χ1) is 8.75. The minimum Gasteiger partial charge on any atom is -0.382 e. The molecule has 0 bridgehead atoms. The van der Waals surface area contributed by atoms with Crippen molar-refractivity contribution in [3.63, 3.8) is 0 Å². The van der Waals surface area contributed by atoms with Crippen LogP contribution in [0.5, 0.6) is 0 Å². The first-order valence-corrected chi connectivity index (χ1v) is 5.86. The summed E-state index contributed by atoms with van der Waals surface area (Å²) in [4.78, 5) is 13.8. The highest BCUT2D eigenvalue weighted by molar-refractivity contribution is 5.92. The highest BCUT2D eigenvalue weighted by atomic mass is 16.5. The van der Waals surface area contributed by atoms with E-state index in [2.05, 4.69) is 15.1 Å². The maximum atomic E-state index is 11.6. The van der Waals surface area contributed by atoms with E-state index < -0.39 is 0 Å². The monoisotopic (exact) mass is 246 g/mol. The predicted octanol–water partition coefficient (Wildman–Crippen LogP) is 0.342. The summed E-state index contributed by atoms with van der Waals surface area (Å²) in [7, 11) is 0. The fourth-order valence-electron chi connectivity index (χ4n) is 2.19. The molecule has 1 aliphatic rings. The molecule has 1 aromatic carbocycles. The molecule has 2 aromatic rings. The number of aromatic nitrogens is 2. The van der Waals surface area contributed by atoms with E-state index in [9.17, 15) is 4.79 Å². The zero-order valence-corrected chi connectivity index (χ0v) is 9.85. The number of H-pyrrole nitrogens is 1. The summed E-state index contributed by atoms with van der Waals surface area (Å²) >= 11 is 0. The average Bonchev–Trinajstić information content (AvgIpc) is 2.44. The third-order valence-electron chi connectivity index (χ3n) is 3.18. The molecule has 0 saturated carbocycles. The van der Waals surface area contributed by atoms with Crippen molar-refractivity contribution < 1.29 is 4.74 Å². The third-order valence-corrected chi connectivity index (χ3v) is 3.18. The quantitative estimate of drug-likeness (QED) is 0.758. The van der Waals surface area contributed by atoms with Gasteiger partial charge in [0.1, 0.15) is 0 Å². The second-order valence-electron chi connectivity index (χ2n) is 4.27. The SMILES string of the molecule is Nc1n[nH]c(=O)c2ccc(N3CCOCC3)cc12. The number of rotatable bonds is 1. The molecule has 2 heterocycles. The van der Waals surface area contributed by atoms with Crippen molar-refractivity contribution >= 4 is 22.3 Å². The summed E-state index contributed by atoms with van der Waals surface area (Å²) in [5.41, 5.74) is 6.63. The first-order valence-electron chi connectivity index (χ1n) is 5.86. The van der Waals surface area contributed by atoms with Crippen molar-refractivity contribution in [1.82, 2.24) is 10.2 Å². The number of nitrogens with two attached hydrogens (primary N) is 1. The number of morpholine rings is 1. The van der Waals surface area contributed by atoms with Crippen molar-refractivity contribution in [2.75, 3.05) is 36.9 Å². The summed E-state index contributed by atoms with van der Waals surface area (Å²) in [5, 5.41) is 7.43. The zero-order valence-electron chi connectivity index (χ0n) is 9.85. The number of benzene rings is 1. The Balaban J connectivity index is 2.10. The van der Waals surface area contributed by atoms with E-state index in [1.54, 1.807) is 6.07 Å². The van der Waals surface area contributed by atoms with Gasteiger partial charge in [0, 0.05) is 24.2 Å². The van der Waals surface area contributed by atoms with Crippen LogP contribution in [-0.4, -0.2) is 36.5 Å². The van der Waals surface area contributed by atoms with Crippen LogP contribution >= 0.6 is 0 Å². The topological polar surface area (TPSA) is 84.2 Å². The van der Waals surface area contributed by atoms with Crippen LogP contribution in [0.4, 0.5) is 11.5 Å². The van der Waals surface area contributed by atoms with E-state index in [1.807, 2.05) is 12.1 Å². The smallest absolute Gasteiger partial charge is 0.272 e. The third kappa shape index (κ3) is 1.80. The molecule has 1 fully saturated rings. The molecule has 94 valence electrons. The van der Waals surface area contributed by atoms with E-state index in [0.717, 1.165) is 32.0 Å². The standard InChI is InChI=1S/C12H14N4O2/c13-11-10-7-8(16-3-5-18-6-4-16)1-2-9(10)12(17)15-14-11/h1-2,7H,3-6H2,(H2,13,14)(H,15,17). The second-order valence-corrected chi connectivity index (χ2v) is 4.27. The summed E-state index contributed by atoms with van der Waals surface area (Å²) in [6.45, 7) is 3.15. The minimum absolute atomic E-state index is 0.215. The van der Waals surface area contributed by atoms with Gasteiger partial charge in [-0.05, 0) is 18.2 Å². The molecule has 0 atom stereocenters. The van der Waals surface area contributed by atoms with Gasteiger partial charge in [-0.1, -0.05) is 0 Å². The Hall–Kier alpha value is -2.08. The molecule has 6 heteroatoms. The second kappa shape index (κ2) is 4.30. The largest absolute Gasteiger partial charge is 0.382 e. The number of aromatic amines is 1. The molecule has 0 amide bonds. The minimum atomic E-state index is -0.215. The van der Waals surface area contributed by atoms with Crippen molar-refractivity contribution in [2.45, 2.75) is 0 Å². The Morgan fingerprint density at radius 1 is 1.28 bits per heavy atom. The summed E-state index contributed by atoms with van der Waals surface area (Å²) in [6.07, 6.45) is 0. The summed E-state index contributed by atoms with van der Waals surface area (Å²) < 4.78 is 5.32. The van der Waals surface area contributed by atoms with Crippen LogP contribution < -0.4 is 16.2 Å². The maximum absolute atomic E-state index is 11.6. The first kappa shape index (κ1) is 11.0. The van der Waals surface area contributed by atoms with Crippen LogP contribution in [0.1, 0.15) is 0 Å². The van der Waals surface area contributed by atoms with Gasteiger partial charge in [0.25, 0.3) is 5.56 Å². The Labute approximate surface area is 103 Å². The number of anilines is 2. The molecule has 0 aliphatic carbocycles. The number of ether oxygens (including phenoxy) is 1. The Morgan fingerprint density at radius 2 is 2.06 bits per heavy atom. The van der Waals surface area contributed by atoms with Crippen molar-refractivity contribution in [3.05, 3.63) is 28.6 Å². The highest BCUT2D eigenvalue weighted by Crippen LogP contribution is 2.23. The summed E-state index contributed by atoms with van der Waals surface area (Å²) in [6, 6.07) is 5.64. The van der Waals surface area contributed by atoms with Gasteiger partial charge in [0.05, 0.1) is 18.6 Å². The van der Waals surface area contributed by atoms with Gasteiger partial charge in [-0.3, -0.25) is 4.79 Å². The van der Waals surface area contributed by atoms with Crippen LogP contribution in [0.3, 0.4) is 0 Å². The Kier molecular flexibility index (Phi) is 2.64. The number of fused-ring (bicyclic) bond motifs is 1. The fourth-order valence-corrected chi connectivity index (χ4v) is 2.19. The molecule has 1 saturated heterocycles. The lowest BCUT2D eigenvalue weighted by molar-refractivity contribution is 0.122. The van der Waals surface area contributed by atoms with Gasteiger partial charge in [-0.25, -0.2) is 5.10 Å². The molecule has 0 unspecified atom stereocenters. The number of nitrogens with one attached hydrogen (secondary N) is 1. The van der Waals surface area contributed by atoms with Gasteiger partial charge in [0.15, 0.2) is 5.82 Å². The van der Waals surface area contributed by atoms with E-state index in [4.69, 9.17) is 10.5 Å². The molecule has 3 rings (SSSR count). The van der Waals surface area contributed by atoms with Gasteiger partial charge >= 0.3 is 0 Å². The molecule has 18 heavy (non-hydrogen) atoms. The zero-order chi connectivity index (χ0) is 12.5. The Morgan fingerprint density at radius 3 is 2.83 bits per heavy atom. The van der Waals surface area contributed by atoms with Gasteiger partial charge in [-0.2, -0.15) is 5.10 Å². The maximum Gasteiger partial charge on any atom is 0.272 e. The lowest BCUT2D eigenvalue weighted by atomic mass is 10.1. The van der Waals surface area contributed by atoms with Gasteiger partial charge in [0.2, 0.25) is 0 Å². The lowest BCUT2D eigenvalue weighted by Crippen LogP contribution is -2.36. The van der Waals surface area contributed by atoms with E-state index in [0.29, 0.717) is 16.6 Å². The predicted molar refractivity (Wildman–Crippen MR) is 69.8 cm³/mol. The summed E-state index contributed by atoms with van der Waals surface area (Å²) in [5.74, 6) is 0.347. The van der Waals surface area contributed by atoms with E-state index in [1.165, 1.54) is 0 Å².